The third kappa shape index (κ3) is 7.21. The first-order chi connectivity index (χ1) is 18.9. The zero-order valence-electron chi connectivity index (χ0n) is 24.9. The molecule has 4 rings (SSSR count). The van der Waals surface area contributed by atoms with Gasteiger partial charge in [0.2, 0.25) is 5.95 Å². The van der Waals surface area contributed by atoms with Gasteiger partial charge in [0.15, 0.2) is 0 Å². The molecule has 0 spiro atoms. The second kappa shape index (κ2) is 12.4. The number of aromatic nitrogens is 2. The van der Waals surface area contributed by atoms with E-state index in [0.29, 0.717) is 37.3 Å². The van der Waals surface area contributed by atoms with Crippen molar-refractivity contribution in [2.75, 3.05) is 42.9 Å². The highest BCUT2D eigenvalue weighted by Gasteiger charge is 2.30. The molecule has 2 unspecified atom stereocenters. The predicted molar refractivity (Wildman–Crippen MR) is 155 cm³/mol. The van der Waals surface area contributed by atoms with Crippen molar-refractivity contribution < 1.29 is 19.1 Å². The van der Waals surface area contributed by atoms with Crippen molar-refractivity contribution >= 4 is 24.0 Å². The average molecular weight is 553 g/mol. The van der Waals surface area contributed by atoms with E-state index in [1.54, 1.807) is 6.20 Å². The maximum absolute atomic E-state index is 12.5. The molecule has 2 aliphatic rings. The standard InChI is InChI=1S/C30H44N6O4/c1-8-36-26-24(19-39-29(36)38)18-31-27(33-26)32-21(4)22-9-11-23(12-10-22)25(17-20(2)3)34-13-15-35(16-14-34)28(37)40-30(5,6)7/h9-12,18,20-21,25H,8,13-17,19H2,1-7H3,(H,31,32,33). The molecule has 2 amide bonds. The number of nitrogens with one attached hydrogen (secondary N) is 1. The minimum atomic E-state index is -0.488. The van der Waals surface area contributed by atoms with Crippen molar-refractivity contribution in [2.45, 2.75) is 79.2 Å². The molecular formula is C30H44N6O4. The summed E-state index contributed by atoms with van der Waals surface area (Å²) in [6, 6.07) is 8.99. The molecule has 0 saturated carbocycles. The van der Waals surface area contributed by atoms with Gasteiger partial charge in [-0.25, -0.2) is 14.6 Å². The van der Waals surface area contributed by atoms with Gasteiger partial charge in [0.25, 0.3) is 0 Å². The normalized spacial score (nSPS) is 17.8. The van der Waals surface area contributed by atoms with Crippen molar-refractivity contribution in [3.63, 3.8) is 0 Å². The number of carbonyl (C=O) groups excluding carboxylic acids is 2. The summed E-state index contributed by atoms with van der Waals surface area (Å²) in [5.74, 6) is 1.61. The molecule has 2 aromatic rings. The summed E-state index contributed by atoms with van der Waals surface area (Å²) in [5, 5.41) is 3.38. The van der Waals surface area contributed by atoms with Gasteiger partial charge < -0.3 is 19.7 Å². The number of hydrogen-bond acceptors (Lipinski definition) is 8. The smallest absolute Gasteiger partial charge is 0.415 e. The molecule has 218 valence electrons. The number of ether oxygens (including phenoxy) is 2. The van der Waals surface area contributed by atoms with E-state index < -0.39 is 5.60 Å². The lowest BCUT2D eigenvalue weighted by Crippen LogP contribution is -2.51. The molecular weight excluding hydrogens is 508 g/mol. The SMILES string of the molecule is CCN1C(=O)OCc2cnc(NC(C)c3ccc(C(CC(C)C)N4CCN(C(=O)OC(C)(C)C)CC4)cc3)nc21. The highest BCUT2D eigenvalue weighted by atomic mass is 16.6. The lowest BCUT2D eigenvalue weighted by Gasteiger charge is -2.40. The number of nitrogens with zero attached hydrogens (tertiary/aromatic N) is 5. The molecule has 1 saturated heterocycles. The maximum Gasteiger partial charge on any atom is 0.415 e. The fourth-order valence-electron chi connectivity index (χ4n) is 5.15. The van der Waals surface area contributed by atoms with Crippen LogP contribution >= 0.6 is 0 Å². The first kappa shape index (κ1) is 29.6. The van der Waals surface area contributed by atoms with Gasteiger partial charge in [0, 0.05) is 45.0 Å². The zero-order valence-corrected chi connectivity index (χ0v) is 24.9. The van der Waals surface area contributed by atoms with Gasteiger partial charge in [-0.15, -0.1) is 0 Å². The summed E-state index contributed by atoms with van der Waals surface area (Å²) in [5.41, 5.74) is 2.71. The summed E-state index contributed by atoms with van der Waals surface area (Å²) >= 11 is 0. The van der Waals surface area contributed by atoms with Crippen LogP contribution in [0.2, 0.25) is 0 Å². The van der Waals surface area contributed by atoms with E-state index in [1.807, 2.05) is 32.6 Å². The number of anilines is 2. The number of benzene rings is 1. The Morgan fingerprint density at radius 1 is 1.07 bits per heavy atom. The Kier molecular flexibility index (Phi) is 9.18. The first-order valence-corrected chi connectivity index (χ1v) is 14.3. The number of carbonyl (C=O) groups is 2. The first-order valence-electron chi connectivity index (χ1n) is 14.3. The quantitative estimate of drug-likeness (QED) is 0.441. The van der Waals surface area contributed by atoms with Crippen LogP contribution in [-0.2, 0) is 16.1 Å². The van der Waals surface area contributed by atoms with Crippen LogP contribution in [0.5, 0.6) is 0 Å². The topological polar surface area (TPSA) is 100 Å². The molecule has 0 aliphatic carbocycles. The van der Waals surface area contributed by atoms with E-state index in [-0.39, 0.29) is 30.9 Å². The number of amides is 2. The zero-order chi connectivity index (χ0) is 29.0. The summed E-state index contributed by atoms with van der Waals surface area (Å²) in [6.45, 7) is 17.8. The van der Waals surface area contributed by atoms with Gasteiger partial charge >= 0.3 is 12.2 Å². The van der Waals surface area contributed by atoms with Crippen molar-refractivity contribution in [1.29, 1.82) is 0 Å². The van der Waals surface area contributed by atoms with Crippen LogP contribution < -0.4 is 10.2 Å². The van der Waals surface area contributed by atoms with E-state index in [9.17, 15) is 9.59 Å². The van der Waals surface area contributed by atoms with Gasteiger partial charge in [-0.2, -0.15) is 4.98 Å². The van der Waals surface area contributed by atoms with Gasteiger partial charge in [-0.3, -0.25) is 9.80 Å². The Balaban J connectivity index is 1.42. The van der Waals surface area contributed by atoms with Crippen molar-refractivity contribution in [1.82, 2.24) is 19.8 Å². The fourth-order valence-corrected chi connectivity index (χ4v) is 5.15. The number of hydrogen-bond donors (Lipinski definition) is 1. The van der Waals surface area contributed by atoms with Crippen molar-refractivity contribution in [2.24, 2.45) is 5.92 Å². The van der Waals surface area contributed by atoms with E-state index in [1.165, 1.54) is 10.5 Å². The van der Waals surface area contributed by atoms with Gasteiger partial charge in [0.05, 0.1) is 11.6 Å². The van der Waals surface area contributed by atoms with Crippen LogP contribution in [0.25, 0.3) is 0 Å². The molecule has 2 aliphatic heterocycles. The lowest BCUT2D eigenvalue weighted by atomic mass is 9.93. The molecule has 10 nitrogen and oxygen atoms in total. The van der Waals surface area contributed by atoms with E-state index in [4.69, 9.17) is 9.47 Å². The number of piperazine rings is 1. The maximum atomic E-state index is 12.5. The Hall–Kier alpha value is -3.40. The Bertz CT molecular complexity index is 1170. The Morgan fingerprint density at radius 2 is 1.73 bits per heavy atom. The summed E-state index contributed by atoms with van der Waals surface area (Å²) in [6.07, 6.45) is 2.14. The molecule has 2 atom stereocenters. The van der Waals surface area contributed by atoms with E-state index in [2.05, 4.69) is 65.2 Å². The third-order valence-corrected chi connectivity index (χ3v) is 7.25. The van der Waals surface area contributed by atoms with Crippen molar-refractivity contribution in [3.8, 4) is 0 Å². The second-order valence-corrected chi connectivity index (χ2v) is 12.0. The van der Waals surface area contributed by atoms with Crippen LogP contribution in [0.4, 0.5) is 21.4 Å². The van der Waals surface area contributed by atoms with Gasteiger partial charge in [-0.05, 0) is 58.1 Å². The molecule has 10 heteroatoms. The molecule has 1 aromatic heterocycles. The van der Waals surface area contributed by atoms with Crippen LogP contribution in [0.3, 0.4) is 0 Å². The molecule has 3 heterocycles. The van der Waals surface area contributed by atoms with Crippen LogP contribution in [0.15, 0.2) is 30.5 Å². The second-order valence-electron chi connectivity index (χ2n) is 12.0. The number of rotatable bonds is 8. The van der Waals surface area contributed by atoms with E-state index >= 15 is 0 Å². The summed E-state index contributed by atoms with van der Waals surface area (Å²) in [7, 11) is 0. The molecule has 0 radical (unpaired) electrons. The molecule has 1 N–H and O–H groups in total. The molecule has 40 heavy (non-hydrogen) atoms. The van der Waals surface area contributed by atoms with Gasteiger partial charge in [0.1, 0.15) is 18.0 Å². The summed E-state index contributed by atoms with van der Waals surface area (Å²) in [4.78, 5) is 39.5. The summed E-state index contributed by atoms with van der Waals surface area (Å²) < 4.78 is 10.8. The molecule has 1 fully saturated rings. The fraction of sp³-hybridized carbons (Fsp3) is 0.600. The number of fused-ring (bicyclic) bond motifs is 1. The lowest BCUT2D eigenvalue weighted by molar-refractivity contribution is 0.00904. The molecule has 1 aromatic carbocycles. The van der Waals surface area contributed by atoms with Crippen molar-refractivity contribution in [3.05, 3.63) is 47.2 Å². The average Bonchev–Trinajstić information content (AvgIpc) is 2.91. The Labute approximate surface area is 238 Å². The number of cyclic esters (lactones) is 1. The van der Waals surface area contributed by atoms with Crippen LogP contribution in [0.1, 0.15) is 83.7 Å². The Morgan fingerprint density at radius 3 is 2.33 bits per heavy atom. The minimum absolute atomic E-state index is 0.0290. The van der Waals surface area contributed by atoms with E-state index in [0.717, 1.165) is 30.6 Å². The minimum Gasteiger partial charge on any atom is -0.444 e. The third-order valence-electron chi connectivity index (χ3n) is 7.25. The largest absolute Gasteiger partial charge is 0.444 e. The van der Waals surface area contributed by atoms with Gasteiger partial charge in [-0.1, -0.05) is 38.1 Å². The monoisotopic (exact) mass is 552 g/mol. The van der Waals surface area contributed by atoms with Crippen LogP contribution in [-0.4, -0.2) is 70.3 Å². The predicted octanol–water partition coefficient (Wildman–Crippen LogP) is 5.77. The molecule has 0 bridgehead atoms. The van der Waals surface area contributed by atoms with Crippen LogP contribution in [0, 0.1) is 5.92 Å². The highest BCUT2D eigenvalue weighted by molar-refractivity contribution is 5.89. The highest BCUT2D eigenvalue weighted by Crippen LogP contribution is 2.31.